The summed E-state index contributed by atoms with van der Waals surface area (Å²) in [5.74, 6) is 4.68. The van der Waals surface area contributed by atoms with Gasteiger partial charge in [-0.25, -0.2) is 5.43 Å². The molecule has 1 fully saturated rings. The molecule has 0 atom stereocenters. The Kier molecular flexibility index (Phi) is 1.22. The van der Waals surface area contributed by atoms with Crippen LogP contribution in [0.4, 0.5) is 13.2 Å². The van der Waals surface area contributed by atoms with E-state index in [4.69, 9.17) is 0 Å². The largest absolute Gasteiger partial charge is 0.407 e. The lowest BCUT2D eigenvalue weighted by atomic mass is 10.3. The van der Waals surface area contributed by atoms with Gasteiger partial charge in [0.25, 0.3) is 0 Å². The zero-order valence-corrected chi connectivity index (χ0v) is 4.63. The second-order valence-electron chi connectivity index (χ2n) is 2.22. The predicted molar refractivity (Wildman–Crippen MR) is 25.3 cm³/mol. The lowest BCUT2D eigenvalue weighted by Gasteiger charge is -2.16. The van der Waals surface area contributed by atoms with E-state index in [0.717, 1.165) is 0 Å². The molecule has 1 rings (SSSR count). The molecule has 9 heavy (non-hydrogen) atoms. The number of halogens is 3. The summed E-state index contributed by atoms with van der Waals surface area (Å²) in [6.07, 6.45) is -3.97. The van der Waals surface area contributed by atoms with Crippen molar-refractivity contribution in [2.45, 2.75) is 24.6 Å². The summed E-state index contributed by atoms with van der Waals surface area (Å²) < 4.78 is 35.3. The van der Waals surface area contributed by atoms with Gasteiger partial charge in [-0.1, -0.05) is 0 Å². The second-order valence-corrected chi connectivity index (χ2v) is 2.22. The third-order valence-corrected chi connectivity index (χ3v) is 1.57. The van der Waals surface area contributed by atoms with Gasteiger partial charge in [-0.15, -0.1) is 0 Å². The molecule has 0 heterocycles. The van der Waals surface area contributed by atoms with Crippen LogP contribution in [0.1, 0.15) is 12.8 Å². The first-order valence-corrected chi connectivity index (χ1v) is 2.56. The Hall–Kier alpha value is -0.290. The van der Waals surface area contributed by atoms with Gasteiger partial charge in [-0.2, -0.15) is 13.2 Å². The van der Waals surface area contributed by atoms with Gasteiger partial charge in [0.2, 0.25) is 0 Å². The molecular formula is C4H7F3N2. The topological polar surface area (TPSA) is 38.0 Å². The fourth-order valence-corrected chi connectivity index (χ4v) is 0.635. The van der Waals surface area contributed by atoms with E-state index in [9.17, 15) is 13.2 Å². The van der Waals surface area contributed by atoms with Gasteiger partial charge in [0.15, 0.2) is 0 Å². The van der Waals surface area contributed by atoms with Crippen LogP contribution < -0.4 is 11.3 Å². The molecule has 1 aliphatic rings. The van der Waals surface area contributed by atoms with Crippen molar-refractivity contribution in [3.8, 4) is 0 Å². The molecule has 5 heteroatoms. The van der Waals surface area contributed by atoms with E-state index in [1.54, 1.807) is 5.43 Å². The van der Waals surface area contributed by atoms with Crippen LogP contribution in [-0.4, -0.2) is 11.7 Å². The van der Waals surface area contributed by atoms with Crippen molar-refractivity contribution in [3.63, 3.8) is 0 Å². The molecule has 0 bridgehead atoms. The maximum Gasteiger partial charge on any atom is 0.407 e. The Balaban J connectivity index is 2.60. The number of nitrogens with one attached hydrogen (secondary N) is 1. The van der Waals surface area contributed by atoms with Gasteiger partial charge in [0, 0.05) is 0 Å². The van der Waals surface area contributed by atoms with Crippen LogP contribution in [0, 0.1) is 0 Å². The summed E-state index contributed by atoms with van der Waals surface area (Å²) in [7, 11) is 0. The van der Waals surface area contributed by atoms with Crippen LogP contribution in [0.25, 0.3) is 0 Å². The summed E-state index contributed by atoms with van der Waals surface area (Å²) in [5.41, 5.74) is 0.0243. The highest BCUT2D eigenvalue weighted by molar-refractivity contribution is 5.06. The number of alkyl halides is 3. The minimum absolute atomic E-state index is 0.104. The van der Waals surface area contributed by atoms with Gasteiger partial charge >= 0.3 is 6.18 Å². The van der Waals surface area contributed by atoms with Crippen LogP contribution in [0.5, 0.6) is 0 Å². The summed E-state index contributed by atoms with van der Waals surface area (Å²) in [6, 6.07) is 0. The summed E-state index contributed by atoms with van der Waals surface area (Å²) in [5, 5.41) is 0. The van der Waals surface area contributed by atoms with Crippen molar-refractivity contribution in [1.82, 2.24) is 5.43 Å². The number of hydrogen-bond acceptors (Lipinski definition) is 2. The SMILES string of the molecule is NNC1(C(F)(F)F)CC1. The molecule has 1 aliphatic carbocycles. The van der Waals surface area contributed by atoms with Gasteiger partial charge in [-0.05, 0) is 12.8 Å². The summed E-state index contributed by atoms with van der Waals surface area (Å²) >= 11 is 0. The van der Waals surface area contributed by atoms with E-state index in [-0.39, 0.29) is 12.8 Å². The predicted octanol–water partition coefficient (Wildman–Crippen LogP) is 0.545. The van der Waals surface area contributed by atoms with Crippen molar-refractivity contribution in [1.29, 1.82) is 0 Å². The van der Waals surface area contributed by atoms with E-state index < -0.39 is 11.7 Å². The quantitative estimate of drug-likeness (QED) is 0.412. The Bertz CT molecular complexity index is 115. The van der Waals surface area contributed by atoms with Crippen LogP contribution >= 0.6 is 0 Å². The first-order chi connectivity index (χ1) is 4.02. The molecule has 1 saturated carbocycles. The molecule has 0 unspecified atom stereocenters. The van der Waals surface area contributed by atoms with Gasteiger partial charge in [-0.3, -0.25) is 5.84 Å². The molecule has 54 valence electrons. The lowest BCUT2D eigenvalue weighted by Crippen LogP contribution is -2.48. The minimum Gasteiger partial charge on any atom is -0.271 e. The van der Waals surface area contributed by atoms with Crippen molar-refractivity contribution in [2.75, 3.05) is 0 Å². The highest BCUT2D eigenvalue weighted by Crippen LogP contribution is 2.48. The van der Waals surface area contributed by atoms with E-state index in [0.29, 0.717) is 0 Å². The van der Waals surface area contributed by atoms with Gasteiger partial charge < -0.3 is 0 Å². The Morgan fingerprint density at radius 3 is 1.78 bits per heavy atom. The van der Waals surface area contributed by atoms with Crippen LogP contribution in [0.15, 0.2) is 0 Å². The number of nitrogens with two attached hydrogens (primary N) is 1. The Labute approximate surface area is 50.2 Å². The van der Waals surface area contributed by atoms with Crippen molar-refractivity contribution in [3.05, 3.63) is 0 Å². The normalized spacial score (nSPS) is 24.0. The maximum absolute atomic E-state index is 11.8. The van der Waals surface area contributed by atoms with Crippen molar-refractivity contribution >= 4 is 0 Å². The first-order valence-electron chi connectivity index (χ1n) is 2.56. The van der Waals surface area contributed by atoms with Crippen LogP contribution in [-0.2, 0) is 0 Å². The molecule has 0 aromatic rings. The minimum atomic E-state index is -4.18. The average molecular weight is 140 g/mol. The number of hydrazine groups is 1. The van der Waals surface area contributed by atoms with Gasteiger partial charge in [0.05, 0.1) is 0 Å². The van der Waals surface area contributed by atoms with E-state index in [2.05, 4.69) is 5.84 Å². The average Bonchev–Trinajstić information content (AvgIpc) is 2.40. The summed E-state index contributed by atoms with van der Waals surface area (Å²) in [4.78, 5) is 0. The third kappa shape index (κ3) is 0.900. The fraction of sp³-hybridized carbons (Fsp3) is 1.00. The molecule has 0 aromatic heterocycles. The van der Waals surface area contributed by atoms with E-state index in [1.807, 2.05) is 0 Å². The van der Waals surface area contributed by atoms with Crippen LogP contribution in [0.2, 0.25) is 0 Å². The zero-order valence-electron chi connectivity index (χ0n) is 4.63. The van der Waals surface area contributed by atoms with Crippen molar-refractivity contribution in [2.24, 2.45) is 5.84 Å². The lowest BCUT2D eigenvalue weighted by molar-refractivity contribution is -0.165. The summed E-state index contributed by atoms with van der Waals surface area (Å²) in [6.45, 7) is 0. The molecule has 3 N–H and O–H groups in total. The molecule has 0 spiro atoms. The molecule has 0 aromatic carbocycles. The smallest absolute Gasteiger partial charge is 0.271 e. The first kappa shape index (κ1) is 6.82. The van der Waals surface area contributed by atoms with Crippen molar-refractivity contribution < 1.29 is 13.2 Å². The fourth-order valence-electron chi connectivity index (χ4n) is 0.635. The van der Waals surface area contributed by atoms with E-state index in [1.165, 1.54) is 0 Å². The van der Waals surface area contributed by atoms with Crippen LogP contribution in [0.3, 0.4) is 0 Å². The molecule has 0 radical (unpaired) electrons. The third-order valence-electron chi connectivity index (χ3n) is 1.57. The monoisotopic (exact) mass is 140 g/mol. The zero-order chi connectivity index (χ0) is 7.12. The standard InChI is InChI=1S/C4H7F3N2/c5-4(6,7)3(9-8)1-2-3/h9H,1-2,8H2. The Morgan fingerprint density at radius 1 is 1.33 bits per heavy atom. The Morgan fingerprint density at radius 2 is 1.78 bits per heavy atom. The second kappa shape index (κ2) is 1.60. The number of hydrogen-bond donors (Lipinski definition) is 2. The highest BCUT2D eigenvalue weighted by atomic mass is 19.4. The molecule has 0 aliphatic heterocycles. The van der Waals surface area contributed by atoms with E-state index >= 15 is 0 Å². The number of rotatable bonds is 1. The van der Waals surface area contributed by atoms with Gasteiger partial charge in [0.1, 0.15) is 5.54 Å². The molecular weight excluding hydrogens is 133 g/mol. The highest BCUT2D eigenvalue weighted by Gasteiger charge is 2.62. The maximum atomic E-state index is 11.8. The molecule has 0 saturated heterocycles. The molecule has 2 nitrogen and oxygen atoms in total. The molecule has 0 amide bonds.